The fraction of sp³-hybridized carbons (Fsp3) is 0.587. The lowest BCUT2D eigenvalue weighted by molar-refractivity contribution is -0.214. The van der Waals surface area contributed by atoms with Gasteiger partial charge in [0.1, 0.15) is 23.7 Å². The van der Waals surface area contributed by atoms with Gasteiger partial charge in [0.25, 0.3) is 0 Å². The maximum absolute atomic E-state index is 13.1. The molecule has 2 saturated carbocycles. The number of fused-ring (bicyclic) bond motifs is 2. The number of ether oxygens (including phenoxy) is 8. The van der Waals surface area contributed by atoms with Gasteiger partial charge in [-0.05, 0) is 111 Å². The highest BCUT2D eigenvalue weighted by atomic mass is 16.7. The Morgan fingerprint density at radius 3 is 1.27 bits per heavy atom. The van der Waals surface area contributed by atoms with E-state index in [2.05, 4.69) is 10.6 Å². The number of aliphatic hydroxyl groups excluding tert-OH is 2. The Balaban J connectivity index is 0.000000210. The molecule has 4 aromatic carbocycles. The molecule has 0 radical (unpaired) electrons. The zero-order valence-electron chi connectivity index (χ0n) is 46.6. The Morgan fingerprint density at radius 1 is 0.519 bits per heavy atom. The number of carbonyl (C=O) groups is 2. The first kappa shape index (κ1) is 61.7. The lowest BCUT2D eigenvalue weighted by Crippen LogP contribution is -2.50. The lowest BCUT2D eigenvalue weighted by Gasteiger charge is -2.32. The number of alkyl carbamates (subject to hydrolysis) is 2. The Kier molecular flexibility index (Phi) is 24.3. The van der Waals surface area contributed by atoms with Crippen molar-refractivity contribution in [2.45, 2.75) is 172 Å². The number of hydrogen-bond donors (Lipinski definition) is 4. The van der Waals surface area contributed by atoms with Crippen molar-refractivity contribution < 1.29 is 67.4 Å². The van der Waals surface area contributed by atoms with Crippen molar-refractivity contribution in [2.75, 3.05) is 53.7 Å². The van der Waals surface area contributed by atoms with Gasteiger partial charge < -0.3 is 58.7 Å². The molecule has 4 N–H and O–H groups in total. The number of rotatable bonds is 24. The minimum Gasteiger partial charge on any atom is -0.497 e. The van der Waals surface area contributed by atoms with Crippen LogP contribution in [0, 0.1) is 11.8 Å². The molecule has 10 rings (SSSR count). The van der Waals surface area contributed by atoms with Crippen LogP contribution in [-0.4, -0.2) is 148 Å². The minimum absolute atomic E-state index is 0. The van der Waals surface area contributed by atoms with Crippen LogP contribution in [0.5, 0.6) is 11.5 Å². The van der Waals surface area contributed by atoms with Gasteiger partial charge in [-0.25, -0.2) is 9.59 Å². The van der Waals surface area contributed by atoms with Gasteiger partial charge in [-0.1, -0.05) is 118 Å². The molecule has 2 amide bonds. The first-order chi connectivity index (χ1) is 39.1. The van der Waals surface area contributed by atoms with Crippen molar-refractivity contribution in [1.29, 1.82) is 0 Å². The fourth-order valence-electron chi connectivity index (χ4n) is 11.7. The molecule has 8 unspecified atom stereocenters. The summed E-state index contributed by atoms with van der Waals surface area (Å²) < 4.78 is 44.9. The Labute approximate surface area is 478 Å². The smallest absolute Gasteiger partial charge is 0.407 e. The Morgan fingerprint density at radius 2 is 0.901 bits per heavy atom. The summed E-state index contributed by atoms with van der Waals surface area (Å²) in [6.45, 7) is 3.43. The van der Waals surface area contributed by atoms with Crippen LogP contribution >= 0.6 is 0 Å². The first-order valence-electron chi connectivity index (χ1n) is 29.1. The number of hydroxylamine groups is 4. The van der Waals surface area contributed by atoms with Crippen molar-refractivity contribution in [3.63, 3.8) is 0 Å². The molecule has 10 atom stereocenters. The van der Waals surface area contributed by atoms with E-state index in [-0.39, 0.29) is 69.3 Å². The number of hydrogen-bond acceptors (Lipinski definition) is 16. The molecule has 0 bridgehead atoms. The second-order valence-corrected chi connectivity index (χ2v) is 22.0. The van der Waals surface area contributed by atoms with E-state index in [1.807, 2.05) is 119 Å². The number of carbonyl (C=O) groups excluding carboxylic acids is 2. The standard InChI is InChI=1S/2C31H42N2O7.CH4/c2*1-36-24-15-13-23(14-16-24)19-33(40-25-10-5-6-11-25)20-28(34)27(18-22-8-3-2-4-9-22)32-31(35)39-29-21-38-30-26(29)12-7-17-37-30;/h2*2-4,8-9,13-16,25-30,34H,5-7,10-12,17-21H2,1H3,(H,32,35);1H4/t2*26?,27-,28?,29?,30?;/m00./s1. The molecule has 6 aliphatic rings. The van der Waals surface area contributed by atoms with Crippen molar-refractivity contribution in [2.24, 2.45) is 11.8 Å². The molecule has 4 aliphatic heterocycles. The van der Waals surface area contributed by atoms with Crippen molar-refractivity contribution in [1.82, 2.24) is 20.8 Å². The predicted octanol–water partition coefficient (Wildman–Crippen LogP) is 9.08. The van der Waals surface area contributed by atoms with E-state index in [0.717, 1.165) is 111 Å². The molecule has 4 heterocycles. The summed E-state index contributed by atoms with van der Waals surface area (Å²) >= 11 is 0. The van der Waals surface area contributed by atoms with E-state index in [1.54, 1.807) is 14.2 Å². The van der Waals surface area contributed by atoms with Crippen LogP contribution in [0.25, 0.3) is 0 Å². The molecular weight excluding hydrogens is 1040 g/mol. The summed E-state index contributed by atoms with van der Waals surface area (Å²) in [6, 6.07) is 34.2. The Hall–Kier alpha value is -5.38. The van der Waals surface area contributed by atoms with Crippen LogP contribution in [0.15, 0.2) is 109 Å². The zero-order chi connectivity index (χ0) is 55.5. The highest BCUT2D eigenvalue weighted by Crippen LogP contribution is 2.34. The minimum atomic E-state index is -0.905. The van der Waals surface area contributed by atoms with E-state index in [0.29, 0.717) is 52.4 Å². The molecule has 18 heteroatoms. The monoisotopic (exact) mass is 1120 g/mol. The molecule has 81 heavy (non-hydrogen) atoms. The summed E-state index contributed by atoms with van der Waals surface area (Å²) in [4.78, 5) is 39.0. The number of nitrogens with zero attached hydrogens (tertiary/aromatic N) is 2. The topological polar surface area (TPSA) is 197 Å². The van der Waals surface area contributed by atoms with E-state index in [9.17, 15) is 19.8 Å². The third-order valence-electron chi connectivity index (χ3n) is 16.1. The second kappa shape index (κ2) is 31.9. The van der Waals surface area contributed by atoms with Gasteiger partial charge in [-0.15, -0.1) is 0 Å². The third-order valence-corrected chi connectivity index (χ3v) is 16.1. The van der Waals surface area contributed by atoms with Gasteiger partial charge in [-0.3, -0.25) is 9.68 Å². The van der Waals surface area contributed by atoms with Crippen LogP contribution in [0.1, 0.15) is 107 Å². The average Bonchev–Trinajstić information content (AvgIpc) is 4.35. The molecular formula is C63H88N4O14. The van der Waals surface area contributed by atoms with Crippen molar-refractivity contribution in [3.05, 3.63) is 131 Å². The fourth-order valence-corrected chi connectivity index (χ4v) is 11.7. The average molecular weight is 1130 g/mol. The second-order valence-electron chi connectivity index (χ2n) is 22.0. The number of nitrogens with one attached hydrogen (secondary N) is 2. The summed E-state index contributed by atoms with van der Waals surface area (Å²) in [7, 11) is 3.29. The van der Waals surface area contributed by atoms with Crippen LogP contribution in [-0.2, 0) is 64.0 Å². The molecule has 2 aliphatic carbocycles. The van der Waals surface area contributed by atoms with Gasteiger partial charge in [0, 0.05) is 38.1 Å². The van der Waals surface area contributed by atoms with Gasteiger partial charge in [0.05, 0.1) is 77.0 Å². The lowest BCUT2D eigenvalue weighted by atomic mass is 9.97. The van der Waals surface area contributed by atoms with E-state index < -0.39 is 36.5 Å². The van der Waals surface area contributed by atoms with Gasteiger partial charge in [0.15, 0.2) is 12.6 Å². The quantitative estimate of drug-likeness (QED) is 0.0484. The highest BCUT2D eigenvalue weighted by molar-refractivity contribution is 5.68. The van der Waals surface area contributed by atoms with Crippen LogP contribution in [0.4, 0.5) is 9.59 Å². The van der Waals surface area contributed by atoms with Gasteiger partial charge >= 0.3 is 12.2 Å². The predicted molar refractivity (Wildman–Crippen MR) is 304 cm³/mol. The largest absolute Gasteiger partial charge is 0.497 e. The maximum atomic E-state index is 13.1. The summed E-state index contributed by atoms with van der Waals surface area (Å²) in [5.41, 5.74) is 4.11. The summed E-state index contributed by atoms with van der Waals surface area (Å²) in [6.07, 6.45) is 9.13. The third kappa shape index (κ3) is 18.8. The normalized spacial score (nSPS) is 24.1. The molecule has 4 saturated heterocycles. The van der Waals surface area contributed by atoms with Crippen molar-refractivity contribution in [3.8, 4) is 11.5 Å². The molecule has 0 aromatic heterocycles. The summed E-state index contributed by atoms with van der Waals surface area (Å²) in [5.74, 6) is 1.65. The molecule has 0 spiro atoms. The van der Waals surface area contributed by atoms with E-state index in [1.165, 1.54) is 0 Å². The van der Waals surface area contributed by atoms with Crippen LogP contribution in [0.3, 0.4) is 0 Å². The van der Waals surface area contributed by atoms with Crippen molar-refractivity contribution >= 4 is 12.2 Å². The van der Waals surface area contributed by atoms with E-state index >= 15 is 0 Å². The molecule has 6 fully saturated rings. The maximum Gasteiger partial charge on any atom is 0.407 e. The summed E-state index contributed by atoms with van der Waals surface area (Å²) in [5, 5.41) is 32.6. The Bertz CT molecular complexity index is 2260. The van der Waals surface area contributed by atoms with Crippen LogP contribution < -0.4 is 20.1 Å². The molecule has 444 valence electrons. The van der Waals surface area contributed by atoms with Gasteiger partial charge in [-0.2, -0.15) is 10.1 Å². The first-order valence-corrected chi connectivity index (χ1v) is 29.1. The van der Waals surface area contributed by atoms with Crippen LogP contribution in [0.2, 0.25) is 0 Å². The van der Waals surface area contributed by atoms with E-state index in [4.69, 9.17) is 47.6 Å². The number of benzene rings is 4. The number of amides is 2. The molecule has 18 nitrogen and oxygen atoms in total. The zero-order valence-corrected chi connectivity index (χ0v) is 46.6. The SMILES string of the molecule is C.COc1ccc(CN(CC(O)[C@H](Cc2ccccc2)NC(=O)OC2COC3OCCCC23)OC2CCCC2)cc1.COc1ccc(CN(CC(O)[C@H](Cc2ccccc2)NC(=O)OC2COC3OCCCC23)OC2CCCC2)cc1. The highest BCUT2D eigenvalue weighted by Gasteiger charge is 2.44. The molecule has 4 aromatic rings. The van der Waals surface area contributed by atoms with Gasteiger partial charge in [0.2, 0.25) is 0 Å². The number of aliphatic hydroxyl groups is 2. The number of methoxy groups -OCH3 is 2.